The molecule has 19 heteroatoms. The summed E-state index contributed by atoms with van der Waals surface area (Å²) < 4.78 is 68.8. The zero-order valence-corrected chi connectivity index (χ0v) is 68.7. The summed E-state index contributed by atoms with van der Waals surface area (Å²) in [5, 5.41) is 10.7. The number of rotatable bonds is 82. The van der Waals surface area contributed by atoms with E-state index in [-0.39, 0.29) is 25.7 Å². The number of unbranched alkanes of at least 4 members (excludes halogenated alkanes) is 51. The molecule has 102 heavy (non-hydrogen) atoms. The molecule has 0 heterocycles. The third-order valence-electron chi connectivity index (χ3n) is 19.8. The van der Waals surface area contributed by atoms with Crippen molar-refractivity contribution < 1.29 is 80.2 Å². The first-order valence-electron chi connectivity index (χ1n) is 43.0. The summed E-state index contributed by atoms with van der Waals surface area (Å²) in [6.07, 6.45) is 65.2. The third kappa shape index (κ3) is 74.9. The molecule has 0 aliphatic carbocycles. The van der Waals surface area contributed by atoms with Crippen LogP contribution in [0.25, 0.3) is 0 Å². The van der Waals surface area contributed by atoms with Gasteiger partial charge in [-0.15, -0.1) is 0 Å². The van der Waals surface area contributed by atoms with E-state index in [4.69, 9.17) is 37.0 Å². The molecule has 0 saturated heterocycles. The topological polar surface area (TPSA) is 237 Å². The maximum absolute atomic E-state index is 13.1. The Bertz CT molecular complexity index is 1960. The monoisotopic (exact) mass is 1490 g/mol. The van der Waals surface area contributed by atoms with Crippen LogP contribution in [0.15, 0.2) is 0 Å². The number of carbonyl (C=O) groups excluding carboxylic acids is 4. The lowest BCUT2D eigenvalue weighted by atomic mass is 9.99. The summed E-state index contributed by atoms with van der Waals surface area (Å²) in [5.41, 5.74) is 0. The lowest BCUT2D eigenvalue weighted by Gasteiger charge is -2.21. The van der Waals surface area contributed by atoms with Gasteiger partial charge in [-0.3, -0.25) is 37.3 Å². The Hall–Kier alpha value is -1.94. The summed E-state index contributed by atoms with van der Waals surface area (Å²) in [4.78, 5) is 73.1. The quantitative estimate of drug-likeness (QED) is 0.0222. The zero-order valence-electron chi connectivity index (χ0n) is 66.9. The van der Waals surface area contributed by atoms with Crippen molar-refractivity contribution in [2.45, 2.75) is 458 Å². The van der Waals surface area contributed by atoms with E-state index in [0.29, 0.717) is 25.7 Å². The van der Waals surface area contributed by atoms with Crippen LogP contribution in [0.4, 0.5) is 0 Å². The van der Waals surface area contributed by atoms with Gasteiger partial charge in [-0.25, -0.2) is 9.13 Å². The fraction of sp³-hybridized carbons (Fsp3) is 0.952. The smallest absolute Gasteiger partial charge is 0.462 e. The summed E-state index contributed by atoms with van der Waals surface area (Å²) in [5.74, 6) is -0.532. The number of ether oxygens (including phenoxy) is 4. The van der Waals surface area contributed by atoms with Crippen molar-refractivity contribution in [2.75, 3.05) is 39.6 Å². The van der Waals surface area contributed by atoms with Crippen LogP contribution in [0.3, 0.4) is 0 Å². The fourth-order valence-electron chi connectivity index (χ4n) is 12.9. The van der Waals surface area contributed by atoms with Crippen LogP contribution in [-0.2, 0) is 65.4 Å². The van der Waals surface area contributed by atoms with Gasteiger partial charge in [0.1, 0.15) is 19.3 Å². The number of phosphoric acid groups is 2. The van der Waals surface area contributed by atoms with Crippen molar-refractivity contribution >= 4 is 39.5 Å². The van der Waals surface area contributed by atoms with Gasteiger partial charge >= 0.3 is 39.5 Å². The van der Waals surface area contributed by atoms with Gasteiger partial charge in [-0.2, -0.15) is 0 Å². The predicted octanol–water partition coefficient (Wildman–Crippen LogP) is 25.1. The fourth-order valence-corrected chi connectivity index (χ4v) is 14.4. The minimum Gasteiger partial charge on any atom is -0.462 e. The molecule has 0 amide bonds. The summed E-state index contributed by atoms with van der Waals surface area (Å²) in [7, 11) is -9.92. The molecule has 6 atom stereocenters. The number of aliphatic hydroxyl groups is 1. The first-order chi connectivity index (χ1) is 49.4. The second-order valence-corrected chi connectivity index (χ2v) is 33.5. The molecule has 17 nitrogen and oxygen atoms in total. The van der Waals surface area contributed by atoms with Gasteiger partial charge in [0.2, 0.25) is 0 Å². The van der Waals surface area contributed by atoms with Gasteiger partial charge < -0.3 is 33.8 Å². The van der Waals surface area contributed by atoms with Gasteiger partial charge in [-0.1, -0.05) is 388 Å². The van der Waals surface area contributed by atoms with Crippen molar-refractivity contribution in [3.8, 4) is 0 Å². The van der Waals surface area contributed by atoms with Crippen LogP contribution in [0.1, 0.15) is 440 Å². The van der Waals surface area contributed by atoms with Crippen molar-refractivity contribution in [1.82, 2.24) is 0 Å². The molecule has 0 radical (unpaired) electrons. The molecule has 606 valence electrons. The molecule has 0 bridgehead atoms. The Labute approximate surface area is 626 Å². The molecule has 3 N–H and O–H groups in total. The summed E-state index contributed by atoms with van der Waals surface area (Å²) in [6, 6.07) is 0. The molecular formula is C83H162O17P2. The molecular weight excluding hydrogens is 1330 g/mol. The van der Waals surface area contributed by atoms with Gasteiger partial charge in [-0.05, 0) is 37.5 Å². The maximum atomic E-state index is 13.1. The Kier molecular flexibility index (Phi) is 73.1. The molecule has 0 aromatic heterocycles. The van der Waals surface area contributed by atoms with Gasteiger partial charge in [0, 0.05) is 25.7 Å². The van der Waals surface area contributed by atoms with Crippen molar-refractivity contribution in [3.63, 3.8) is 0 Å². The SMILES string of the molecule is CCCCCCCCCCCCCCCCCCCCCCCC(=O)O[C@H](COC(=O)CCCCCCCCCCCCCCCCCC(C)C)COP(=O)(O)OC[C@@H](O)COP(=O)(O)OC[C@@H](COC(=O)CCCCCCCCCCCCC)OC(=O)CCCCCCCCCCC(C)CC. The van der Waals surface area contributed by atoms with Crippen molar-refractivity contribution in [3.05, 3.63) is 0 Å². The standard InChI is InChI=1S/C83H162O17P2/c1-7-10-12-14-16-18-20-21-22-23-24-25-26-27-30-34-38-42-49-55-61-67-82(87)99-78(71-94-81(86)66-60-54-48-41-37-33-31-28-29-32-36-39-45-51-57-63-75(4)5)73-97-101(89,90)95-69-77(84)70-96-102(91,92)98-74-79(72-93-80(85)65-59-53-47-40-35-19-17-15-13-11-8-2)100-83(88)68-62-56-50-44-43-46-52-58-64-76(6)9-3/h75-79,84H,7-74H2,1-6H3,(H,89,90)(H,91,92)/t76?,77-,78-,79-/m1/s1. The van der Waals surface area contributed by atoms with Crippen LogP contribution in [0.5, 0.6) is 0 Å². The highest BCUT2D eigenvalue weighted by atomic mass is 31.2. The first kappa shape index (κ1) is 100. The van der Waals surface area contributed by atoms with E-state index in [1.54, 1.807) is 0 Å². The predicted molar refractivity (Wildman–Crippen MR) is 418 cm³/mol. The number of esters is 4. The molecule has 3 unspecified atom stereocenters. The number of hydrogen-bond acceptors (Lipinski definition) is 15. The molecule has 0 rings (SSSR count). The molecule has 0 aromatic carbocycles. The maximum Gasteiger partial charge on any atom is 0.472 e. The van der Waals surface area contributed by atoms with Crippen LogP contribution in [0, 0.1) is 11.8 Å². The van der Waals surface area contributed by atoms with E-state index in [2.05, 4.69) is 41.5 Å². The average molecular weight is 1490 g/mol. The third-order valence-corrected chi connectivity index (χ3v) is 21.7. The summed E-state index contributed by atoms with van der Waals surface area (Å²) in [6.45, 7) is 9.67. The van der Waals surface area contributed by atoms with E-state index in [9.17, 15) is 43.2 Å². The lowest BCUT2D eigenvalue weighted by Crippen LogP contribution is -2.30. The highest BCUT2D eigenvalue weighted by molar-refractivity contribution is 7.47. The molecule has 0 saturated carbocycles. The minimum atomic E-state index is -4.96. The second-order valence-electron chi connectivity index (χ2n) is 30.6. The van der Waals surface area contributed by atoms with Crippen LogP contribution in [0.2, 0.25) is 0 Å². The van der Waals surface area contributed by atoms with Crippen LogP contribution in [-0.4, -0.2) is 96.7 Å². The minimum absolute atomic E-state index is 0.106. The molecule has 0 aliphatic heterocycles. The summed E-state index contributed by atoms with van der Waals surface area (Å²) >= 11 is 0. The number of aliphatic hydroxyl groups excluding tert-OH is 1. The van der Waals surface area contributed by atoms with E-state index < -0.39 is 97.5 Å². The second kappa shape index (κ2) is 74.5. The van der Waals surface area contributed by atoms with E-state index in [1.807, 2.05) is 0 Å². The number of carbonyl (C=O) groups is 4. The van der Waals surface area contributed by atoms with Crippen LogP contribution < -0.4 is 0 Å². The van der Waals surface area contributed by atoms with Gasteiger partial charge in [0.25, 0.3) is 0 Å². The highest BCUT2D eigenvalue weighted by Gasteiger charge is 2.30. The number of hydrogen-bond donors (Lipinski definition) is 3. The largest absolute Gasteiger partial charge is 0.472 e. The van der Waals surface area contributed by atoms with Crippen molar-refractivity contribution in [1.29, 1.82) is 0 Å². The Morgan fingerprint density at radius 1 is 0.284 bits per heavy atom. The number of phosphoric ester groups is 2. The first-order valence-corrected chi connectivity index (χ1v) is 46.0. The van der Waals surface area contributed by atoms with Crippen LogP contribution >= 0.6 is 15.6 Å². The normalized spacial score (nSPS) is 14.1. The average Bonchev–Trinajstić information content (AvgIpc) is 0.914. The van der Waals surface area contributed by atoms with Gasteiger partial charge in [0.05, 0.1) is 26.4 Å². The van der Waals surface area contributed by atoms with E-state index >= 15 is 0 Å². The van der Waals surface area contributed by atoms with E-state index in [1.165, 1.54) is 257 Å². The Morgan fingerprint density at radius 3 is 0.745 bits per heavy atom. The molecule has 0 aromatic rings. The molecule has 0 aliphatic rings. The lowest BCUT2D eigenvalue weighted by molar-refractivity contribution is -0.161. The highest BCUT2D eigenvalue weighted by Crippen LogP contribution is 2.45. The van der Waals surface area contributed by atoms with Gasteiger partial charge in [0.15, 0.2) is 12.2 Å². The van der Waals surface area contributed by atoms with Crippen molar-refractivity contribution in [2.24, 2.45) is 11.8 Å². The Balaban J connectivity index is 5.22. The zero-order chi connectivity index (χ0) is 74.9. The van der Waals surface area contributed by atoms with E-state index in [0.717, 1.165) is 102 Å². The Morgan fingerprint density at radius 2 is 0.500 bits per heavy atom. The molecule has 0 fully saturated rings. The molecule has 0 spiro atoms.